The van der Waals surface area contributed by atoms with Crippen molar-refractivity contribution in [2.24, 2.45) is 17.3 Å². The van der Waals surface area contributed by atoms with Crippen molar-refractivity contribution < 1.29 is 53.8 Å². The van der Waals surface area contributed by atoms with Gasteiger partial charge in [-0.1, -0.05) is 13.0 Å². The summed E-state index contributed by atoms with van der Waals surface area (Å²) in [5, 5.41) is 39.2. The molecule has 11 nitrogen and oxygen atoms in total. The predicted molar refractivity (Wildman–Crippen MR) is 183 cm³/mol. The Morgan fingerprint density at radius 1 is 0.900 bits per heavy atom. The van der Waals surface area contributed by atoms with Crippen LogP contribution in [-0.4, -0.2) is 57.8 Å². The summed E-state index contributed by atoms with van der Waals surface area (Å²) in [5.41, 5.74) is 2.64. The lowest BCUT2D eigenvalue weighted by molar-refractivity contribution is -0.154. The number of phenolic OH excluding ortho intramolecular Hbond substituents is 2. The van der Waals surface area contributed by atoms with E-state index in [1.807, 2.05) is 12.1 Å². The number of carboxylic acids is 1. The Kier molecular flexibility index (Phi) is 10.2. The smallest absolute Gasteiger partial charge is 0.347 e. The second-order valence-corrected chi connectivity index (χ2v) is 13.9. The van der Waals surface area contributed by atoms with Crippen LogP contribution in [0.5, 0.6) is 28.7 Å². The molecule has 0 heterocycles. The fraction of sp³-hybridized carbons (Fsp3) is 0.436. The number of carboxylic acid groups (broad SMARTS) is 1. The molecule has 0 saturated heterocycles. The maximum Gasteiger partial charge on any atom is 0.347 e. The van der Waals surface area contributed by atoms with Crippen LogP contribution in [0, 0.1) is 38.0 Å². The number of aryl methyl sites for hydroxylation is 3. The fourth-order valence-electron chi connectivity index (χ4n) is 8.63. The minimum atomic E-state index is -1.38. The Hall–Kier alpha value is -5.06. The number of benzene rings is 3. The van der Waals surface area contributed by atoms with Gasteiger partial charge >= 0.3 is 17.9 Å². The molecule has 0 spiro atoms. The Labute approximate surface area is 290 Å². The number of carbonyl (C=O) groups is 4. The number of aromatic hydroxyl groups is 3. The van der Waals surface area contributed by atoms with Crippen molar-refractivity contribution in [3.8, 4) is 28.7 Å². The summed E-state index contributed by atoms with van der Waals surface area (Å²) in [6.45, 7) is 8.24. The average Bonchev–Trinajstić information content (AvgIpc) is 3.38. The van der Waals surface area contributed by atoms with Gasteiger partial charge in [0.1, 0.15) is 46.0 Å². The minimum absolute atomic E-state index is 0.0419. The molecule has 3 aliphatic carbocycles. The quantitative estimate of drug-likeness (QED) is 0.120. The van der Waals surface area contributed by atoms with Gasteiger partial charge in [0, 0.05) is 17.9 Å². The van der Waals surface area contributed by atoms with Gasteiger partial charge in [0.15, 0.2) is 6.29 Å². The van der Waals surface area contributed by atoms with Crippen molar-refractivity contribution >= 4 is 24.2 Å². The van der Waals surface area contributed by atoms with E-state index in [4.69, 9.17) is 14.2 Å². The van der Waals surface area contributed by atoms with E-state index in [1.165, 1.54) is 77.3 Å². The summed E-state index contributed by atoms with van der Waals surface area (Å²) in [7, 11) is 1.31. The molecule has 11 heteroatoms. The van der Waals surface area contributed by atoms with Crippen molar-refractivity contribution in [3.63, 3.8) is 0 Å². The zero-order valence-electron chi connectivity index (χ0n) is 29.2. The van der Waals surface area contributed by atoms with E-state index < -0.39 is 23.4 Å². The average molecular weight is 689 g/mol. The molecule has 0 aliphatic heterocycles. The van der Waals surface area contributed by atoms with Crippen molar-refractivity contribution in [1.82, 2.24) is 0 Å². The van der Waals surface area contributed by atoms with Gasteiger partial charge in [0.25, 0.3) is 0 Å². The fourth-order valence-corrected chi connectivity index (χ4v) is 8.63. The largest absolute Gasteiger partial charge is 0.508 e. The Bertz CT molecular complexity index is 1860. The van der Waals surface area contributed by atoms with E-state index in [2.05, 4.69) is 13.0 Å². The van der Waals surface area contributed by atoms with Gasteiger partial charge in [-0.3, -0.25) is 9.59 Å². The maximum absolute atomic E-state index is 12.6. The first-order chi connectivity index (χ1) is 23.6. The number of aldehydes is 1. The summed E-state index contributed by atoms with van der Waals surface area (Å²) in [6.07, 6.45) is 7.24. The first-order valence-corrected chi connectivity index (χ1v) is 16.8. The minimum Gasteiger partial charge on any atom is -0.508 e. The number of phenols is 3. The van der Waals surface area contributed by atoms with Crippen LogP contribution < -0.4 is 9.47 Å². The van der Waals surface area contributed by atoms with Crippen molar-refractivity contribution in [2.45, 2.75) is 85.2 Å². The number of methoxy groups -OCH3 is 1. The molecule has 5 atom stereocenters. The second kappa shape index (κ2) is 14.0. The molecule has 50 heavy (non-hydrogen) atoms. The summed E-state index contributed by atoms with van der Waals surface area (Å²) < 4.78 is 15.9. The van der Waals surface area contributed by atoms with Crippen LogP contribution >= 0.6 is 0 Å². The predicted octanol–water partition coefficient (Wildman–Crippen LogP) is 6.94. The molecule has 0 radical (unpaired) electrons. The van der Waals surface area contributed by atoms with Crippen molar-refractivity contribution in [3.05, 3.63) is 74.8 Å². The Morgan fingerprint density at radius 3 is 2.24 bits per heavy atom. The number of hydrogen-bond donors (Lipinski definition) is 4. The molecular weight excluding hydrogens is 644 g/mol. The summed E-state index contributed by atoms with van der Waals surface area (Å²) in [5.74, 6) is -1.14. The standard InChI is InChI=1S/C20H26O3.C19H18O8/c1-12(21)23-19-8-7-18-17-5-3-13-11-14(22)4-6-15(13)16(17)9-10-20(18,19)2;1-8-5-13(26-4)11(7-20)17(22)14(8)19(25)27-12-6-9(2)16(21)15(10(12)3)18(23)24/h4,6,11,16-19,22H,3,5,7-10H2,1-2H3;5-7,21-22H,1-4H3,(H,23,24). The van der Waals surface area contributed by atoms with Crippen LogP contribution in [0.2, 0.25) is 0 Å². The first-order valence-electron chi connectivity index (χ1n) is 16.8. The molecule has 5 unspecified atom stereocenters. The molecule has 0 amide bonds. The van der Waals surface area contributed by atoms with Gasteiger partial charge in [-0.15, -0.1) is 0 Å². The molecule has 0 aromatic heterocycles. The molecule has 2 saturated carbocycles. The van der Waals surface area contributed by atoms with Crippen molar-refractivity contribution in [1.29, 1.82) is 0 Å². The van der Waals surface area contributed by atoms with Gasteiger partial charge < -0.3 is 34.6 Å². The van der Waals surface area contributed by atoms with Crippen LogP contribution in [0.4, 0.5) is 0 Å². The number of ether oxygens (including phenoxy) is 3. The number of hydrogen-bond acceptors (Lipinski definition) is 10. The molecule has 2 fully saturated rings. The zero-order valence-corrected chi connectivity index (χ0v) is 29.2. The van der Waals surface area contributed by atoms with Gasteiger partial charge in [0.05, 0.1) is 12.7 Å². The van der Waals surface area contributed by atoms with E-state index in [-0.39, 0.29) is 56.8 Å². The van der Waals surface area contributed by atoms with Gasteiger partial charge in [-0.2, -0.15) is 0 Å². The lowest BCUT2D eigenvalue weighted by Gasteiger charge is -2.50. The van der Waals surface area contributed by atoms with Crippen LogP contribution in [-0.2, 0) is 16.0 Å². The molecular formula is C39H44O11. The zero-order chi connectivity index (χ0) is 36.7. The first kappa shape index (κ1) is 36.2. The SMILES string of the molecule is CC(=O)OC1CCC2C3CCc4cc(O)ccc4C3CCC12C.COc1cc(C)c(C(=O)Oc2cc(C)c(O)c(C(=O)O)c2C)c(O)c1C=O. The molecule has 3 aromatic rings. The highest BCUT2D eigenvalue weighted by Crippen LogP contribution is 2.61. The van der Waals surface area contributed by atoms with E-state index in [9.17, 15) is 39.6 Å². The number of rotatable bonds is 6. The highest BCUT2D eigenvalue weighted by Gasteiger charge is 2.56. The summed E-state index contributed by atoms with van der Waals surface area (Å²) in [4.78, 5) is 46.6. The van der Waals surface area contributed by atoms with Gasteiger partial charge in [0.2, 0.25) is 0 Å². The highest BCUT2D eigenvalue weighted by molar-refractivity contribution is 6.00. The number of aromatic carboxylic acids is 1. The highest BCUT2D eigenvalue weighted by atomic mass is 16.5. The molecule has 3 aromatic carbocycles. The Balaban J connectivity index is 0.000000196. The number of carbonyl (C=O) groups excluding carboxylic acids is 3. The topological polar surface area (TPSA) is 177 Å². The number of esters is 2. The van der Waals surface area contributed by atoms with E-state index in [0.717, 1.165) is 19.3 Å². The van der Waals surface area contributed by atoms with Crippen LogP contribution in [0.1, 0.15) is 111 Å². The molecule has 4 N–H and O–H groups in total. The van der Waals surface area contributed by atoms with Crippen LogP contribution in [0.15, 0.2) is 30.3 Å². The lowest BCUT2D eigenvalue weighted by atomic mass is 9.55. The monoisotopic (exact) mass is 688 g/mol. The number of fused-ring (bicyclic) bond motifs is 5. The van der Waals surface area contributed by atoms with E-state index >= 15 is 0 Å². The van der Waals surface area contributed by atoms with Crippen molar-refractivity contribution in [2.75, 3.05) is 7.11 Å². The summed E-state index contributed by atoms with van der Waals surface area (Å²) in [6, 6.07) is 8.65. The third-order valence-electron chi connectivity index (χ3n) is 11.1. The third kappa shape index (κ3) is 6.48. The molecule has 6 rings (SSSR count). The van der Waals surface area contributed by atoms with Gasteiger partial charge in [-0.05, 0) is 124 Å². The Morgan fingerprint density at radius 2 is 1.60 bits per heavy atom. The van der Waals surface area contributed by atoms with E-state index in [0.29, 0.717) is 35.4 Å². The molecule has 3 aliphatic rings. The lowest BCUT2D eigenvalue weighted by Crippen LogP contribution is -2.45. The normalized spacial score (nSPS) is 23.2. The van der Waals surface area contributed by atoms with E-state index in [1.54, 1.807) is 0 Å². The maximum atomic E-state index is 12.6. The van der Waals surface area contributed by atoms with Crippen LogP contribution in [0.25, 0.3) is 0 Å². The molecule has 0 bridgehead atoms. The van der Waals surface area contributed by atoms with Crippen LogP contribution in [0.3, 0.4) is 0 Å². The van der Waals surface area contributed by atoms with Gasteiger partial charge in [-0.25, -0.2) is 9.59 Å². The summed E-state index contributed by atoms with van der Waals surface area (Å²) >= 11 is 0. The second-order valence-electron chi connectivity index (χ2n) is 13.9. The molecule has 266 valence electrons. The third-order valence-corrected chi connectivity index (χ3v) is 11.1.